The number of nitrogens with zero attached hydrogens (tertiary/aromatic N) is 2. The zero-order valence-corrected chi connectivity index (χ0v) is 16.2. The van der Waals surface area contributed by atoms with Gasteiger partial charge in [-0.05, 0) is 42.5 Å². The van der Waals surface area contributed by atoms with Gasteiger partial charge >= 0.3 is 5.97 Å². The largest absolute Gasteiger partial charge is 0.496 e. The Balaban J connectivity index is 1.80. The summed E-state index contributed by atoms with van der Waals surface area (Å²) in [6.45, 7) is 0. The maximum Gasteiger partial charge on any atom is 0.348 e. The molecule has 2 aromatic carbocycles. The molecule has 1 aromatic heterocycles. The second kappa shape index (κ2) is 8.58. The van der Waals surface area contributed by atoms with Gasteiger partial charge in [0.25, 0.3) is 0 Å². The molecule has 0 fully saturated rings. The van der Waals surface area contributed by atoms with Crippen molar-refractivity contribution in [1.82, 2.24) is 10.2 Å². The highest BCUT2D eigenvalue weighted by Crippen LogP contribution is 2.31. The Bertz CT molecular complexity index is 992. The molecule has 0 saturated carbocycles. The van der Waals surface area contributed by atoms with Crippen LogP contribution in [-0.2, 0) is 0 Å². The Morgan fingerprint density at radius 3 is 2.18 bits per heavy atom. The molecule has 0 N–H and O–H groups in total. The molecule has 7 nitrogen and oxygen atoms in total. The van der Waals surface area contributed by atoms with E-state index < -0.39 is 5.97 Å². The fourth-order valence-electron chi connectivity index (χ4n) is 2.51. The van der Waals surface area contributed by atoms with Crippen LogP contribution in [0.5, 0.6) is 23.1 Å². The van der Waals surface area contributed by atoms with E-state index in [1.54, 1.807) is 50.6 Å². The third kappa shape index (κ3) is 4.15. The number of halogens is 1. The average Bonchev–Trinajstić information content (AvgIpc) is 2.73. The van der Waals surface area contributed by atoms with Crippen LogP contribution in [0.4, 0.5) is 0 Å². The van der Waals surface area contributed by atoms with Crippen molar-refractivity contribution in [2.45, 2.75) is 0 Å². The van der Waals surface area contributed by atoms with Gasteiger partial charge in [0.05, 0.1) is 27.0 Å². The number of rotatable bonds is 6. The molecule has 0 saturated heterocycles. The second-order valence-electron chi connectivity index (χ2n) is 5.56. The molecular formula is C20H17ClN2O5. The zero-order chi connectivity index (χ0) is 20.1. The summed E-state index contributed by atoms with van der Waals surface area (Å²) in [4.78, 5) is 12.4. The van der Waals surface area contributed by atoms with Crippen LogP contribution in [0.15, 0.2) is 48.5 Å². The summed E-state index contributed by atoms with van der Waals surface area (Å²) in [5.41, 5.74) is 1.56. The zero-order valence-electron chi connectivity index (χ0n) is 15.4. The molecule has 28 heavy (non-hydrogen) atoms. The molecule has 3 aromatic rings. The van der Waals surface area contributed by atoms with Crippen molar-refractivity contribution in [1.29, 1.82) is 0 Å². The number of carbonyl (C=O) groups excluding carboxylic acids is 1. The lowest BCUT2D eigenvalue weighted by molar-refractivity contribution is 0.0722. The van der Waals surface area contributed by atoms with E-state index in [9.17, 15) is 4.79 Å². The van der Waals surface area contributed by atoms with Crippen molar-refractivity contribution in [2.24, 2.45) is 0 Å². The highest BCUT2D eigenvalue weighted by atomic mass is 35.5. The van der Waals surface area contributed by atoms with Crippen LogP contribution in [0.25, 0.3) is 11.3 Å². The lowest BCUT2D eigenvalue weighted by Gasteiger charge is -2.10. The van der Waals surface area contributed by atoms with E-state index in [2.05, 4.69) is 10.2 Å². The van der Waals surface area contributed by atoms with E-state index in [-0.39, 0.29) is 11.4 Å². The fourth-order valence-corrected chi connectivity index (χ4v) is 2.69. The maximum atomic E-state index is 12.4. The predicted molar refractivity (Wildman–Crippen MR) is 104 cm³/mol. The van der Waals surface area contributed by atoms with Gasteiger partial charge < -0.3 is 18.9 Å². The Hall–Kier alpha value is -3.32. The summed E-state index contributed by atoms with van der Waals surface area (Å²) in [6.07, 6.45) is 0. The number of carbonyl (C=O) groups is 1. The molecule has 3 rings (SSSR count). The Morgan fingerprint density at radius 1 is 0.821 bits per heavy atom. The average molecular weight is 401 g/mol. The first-order valence-corrected chi connectivity index (χ1v) is 8.55. The van der Waals surface area contributed by atoms with Crippen molar-refractivity contribution in [2.75, 3.05) is 21.3 Å². The van der Waals surface area contributed by atoms with Crippen LogP contribution < -0.4 is 18.9 Å². The topological polar surface area (TPSA) is 79.8 Å². The van der Waals surface area contributed by atoms with Crippen LogP contribution in [0.1, 0.15) is 10.4 Å². The van der Waals surface area contributed by atoms with E-state index in [4.69, 9.17) is 30.5 Å². The van der Waals surface area contributed by atoms with Crippen molar-refractivity contribution in [3.8, 4) is 34.4 Å². The van der Waals surface area contributed by atoms with Crippen LogP contribution in [0.2, 0.25) is 5.02 Å². The van der Waals surface area contributed by atoms with Gasteiger partial charge in [0.2, 0.25) is 5.88 Å². The molecular weight excluding hydrogens is 384 g/mol. The van der Waals surface area contributed by atoms with Gasteiger partial charge in [-0.3, -0.25) is 0 Å². The van der Waals surface area contributed by atoms with E-state index in [1.807, 2.05) is 6.07 Å². The molecule has 0 bridgehead atoms. The summed E-state index contributed by atoms with van der Waals surface area (Å²) in [7, 11) is 4.58. The highest BCUT2D eigenvalue weighted by molar-refractivity contribution is 6.31. The highest BCUT2D eigenvalue weighted by Gasteiger charge is 2.16. The van der Waals surface area contributed by atoms with E-state index in [0.717, 1.165) is 5.56 Å². The summed E-state index contributed by atoms with van der Waals surface area (Å²) in [5, 5.41) is 8.45. The van der Waals surface area contributed by atoms with Crippen molar-refractivity contribution < 1.29 is 23.7 Å². The molecule has 0 radical (unpaired) electrons. The lowest BCUT2D eigenvalue weighted by Crippen LogP contribution is -2.11. The molecule has 8 heteroatoms. The van der Waals surface area contributed by atoms with Crippen LogP contribution in [-0.4, -0.2) is 37.5 Å². The number of benzene rings is 2. The molecule has 1 heterocycles. The minimum atomic E-state index is -0.646. The van der Waals surface area contributed by atoms with Gasteiger partial charge in [0.15, 0.2) is 11.5 Å². The first-order chi connectivity index (χ1) is 13.5. The van der Waals surface area contributed by atoms with E-state index >= 15 is 0 Å². The van der Waals surface area contributed by atoms with Crippen molar-refractivity contribution >= 4 is 17.6 Å². The number of esters is 1. The minimum absolute atomic E-state index is 0.0521. The molecule has 0 amide bonds. The number of hydrogen-bond acceptors (Lipinski definition) is 7. The SMILES string of the molecule is COc1ccc(-c2ccc(OC(=O)c3cc(Cl)ccc3OC)nn2)cc1OC. The molecule has 0 unspecified atom stereocenters. The Labute approximate surface area is 166 Å². The quantitative estimate of drug-likeness (QED) is 0.577. The fraction of sp³-hybridized carbons (Fsp3) is 0.150. The molecule has 144 valence electrons. The first kappa shape index (κ1) is 19.4. The normalized spacial score (nSPS) is 10.3. The second-order valence-corrected chi connectivity index (χ2v) is 6.00. The maximum absolute atomic E-state index is 12.4. The number of hydrogen-bond donors (Lipinski definition) is 0. The van der Waals surface area contributed by atoms with Gasteiger partial charge in [0.1, 0.15) is 11.3 Å². The van der Waals surface area contributed by atoms with Crippen molar-refractivity contribution in [3.63, 3.8) is 0 Å². The molecule has 0 aliphatic heterocycles. The smallest absolute Gasteiger partial charge is 0.348 e. The van der Waals surface area contributed by atoms with Crippen LogP contribution in [0, 0.1) is 0 Å². The molecule has 0 atom stereocenters. The standard InChI is InChI=1S/C20H17ClN2O5/c1-25-16-8-5-13(21)11-14(16)20(24)28-19-9-6-15(22-23-19)12-4-7-17(26-2)18(10-12)27-3/h4-11H,1-3H3. The Morgan fingerprint density at radius 2 is 1.54 bits per heavy atom. The van der Waals surface area contributed by atoms with Crippen LogP contribution >= 0.6 is 11.6 Å². The van der Waals surface area contributed by atoms with Crippen LogP contribution in [0.3, 0.4) is 0 Å². The third-order valence-corrected chi connectivity index (χ3v) is 4.13. The monoisotopic (exact) mass is 400 g/mol. The summed E-state index contributed by atoms with van der Waals surface area (Å²) in [6, 6.07) is 13.3. The summed E-state index contributed by atoms with van der Waals surface area (Å²) in [5.74, 6) is 0.943. The lowest BCUT2D eigenvalue weighted by atomic mass is 10.1. The number of ether oxygens (including phenoxy) is 4. The minimum Gasteiger partial charge on any atom is -0.496 e. The first-order valence-electron chi connectivity index (χ1n) is 8.17. The van der Waals surface area contributed by atoms with Gasteiger partial charge in [-0.15, -0.1) is 10.2 Å². The molecule has 0 spiro atoms. The predicted octanol–water partition coefficient (Wildman–Crippen LogP) is 4.04. The van der Waals surface area contributed by atoms with E-state index in [0.29, 0.717) is 28.0 Å². The van der Waals surface area contributed by atoms with Crippen molar-refractivity contribution in [3.05, 3.63) is 59.1 Å². The number of methoxy groups -OCH3 is 3. The molecule has 0 aliphatic rings. The number of aromatic nitrogens is 2. The Kier molecular flexibility index (Phi) is 5.96. The third-order valence-electron chi connectivity index (χ3n) is 3.90. The summed E-state index contributed by atoms with van der Waals surface area (Å²) < 4.78 is 20.9. The molecule has 0 aliphatic carbocycles. The van der Waals surface area contributed by atoms with Gasteiger partial charge in [-0.1, -0.05) is 11.6 Å². The van der Waals surface area contributed by atoms with Gasteiger partial charge in [-0.25, -0.2) is 4.79 Å². The van der Waals surface area contributed by atoms with Gasteiger partial charge in [0, 0.05) is 16.7 Å². The summed E-state index contributed by atoms with van der Waals surface area (Å²) >= 11 is 5.95. The van der Waals surface area contributed by atoms with E-state index in [1.165, 1.54) is 13.2 Å². The van der Waals surface area contributed by atoms with Gasteiger partial charge in [-0.2, -0.15) is 0 Å².